The Balaban J connectivity index is 1.70. The zero-order valence-corrected chi connectivity index (χ0v) is 14.6. The molecule has 0 amide bonds. The number of piperidine rings is 1. The molecule has 1 aromatic heterocycles. The van der Waals surface area contributed by atoms with Crippen molar-refractivity contribution >= 4 is 28.8 Å². The van der Waals surface area contributed by atoms with Gasteiger partial charge in [-0.2, -0.15) is 0 Å². The Labute approximate surface area is 152 Å². The number of aromatic nitrogens is 1. The number of nitrogens with one attached hydrogen (secondary N) is 1. The third-order valence-electron chi connectivity index (χ3n) is 4.65. The quantitative estimate of drug-likeness (QED) is 0.694. The molecule has 2 heterocycles. The maximum absolute atomic E-state index is 13.0. The van der Waals surface area contributed by atoms with E-state index in [2.05, 4.69) is 16.0 Å². The number of aromatic hydroxyl groups is 1. The van der Waals surface area contributed by atoms with Crippen LogP contribution < -0.4 is 0 Å². The summed E-state index contributed by atoms with van der Waals surface area (Å²) in [5, 5.41) is 10.5. The fraction of sp³-hybridized carbons (Fsp3) is 0.136. The van der Waals surface area contributed by atoms with Gasteiger partial charge in [-0.05, 0) is 43.0 Å². The summed E-state index contributed by atoms with van der Waals surface area (Å²) in [7, 11) is 2.01. The average molecular weight is 344 g/mol. The van der Waals surface area contributed by atoms with E-state index >= 15 is 0 Å². The van der Waals surface area contributed by atoms with Crippen molar-refractivity contribution in [3.63, 3.8) is 0 Å². The van der Waals surface area contributed by atoms with E-state index < -0.39 is 0 Å². The number of Topliss-reactive ketones (excluding diaryl/α,β-unsaturated/α-hetero) is 1. The molecule has 0 atom stereocenters. The van der Waals surface area contributed by atoms with Crippen molar-refractivity contribution in [1.82, 2.24) is 9.88 Å². The highest BCUT2D eigenvalue weighted by atomic mass is 16.3. The monoisotopic (exact) mass is 344 g/mol. The molecule has 1 saturated heterocycles. The molecule has 0 unspecified atom stereocenters. The Morgan fingerprint density at radius 3 is 2.46 bits per heavy atom. The number of likely N-dealkylation sites (N-methyl/N-ethyl adjacent to an activating group) is 1. The van der Waals surface area contributed by atoms with Crippen LogP contribution in [0.4, 0.5) is 0 Å². The van der Waals surface area contributed by atoms with E-state index in [1.165, 1.54) is 0 Å². The number of benzene rings is 2. The molecule has 2 N–H and O–H groups in total. The van der Waals surface area contributed by atoms with Crippen LogP contribution in [0.25, 0.3) is 23.1 Å². The van der Waals surface area contributed by atoms with Crippen molar-refractivity contribution in [3.8, 4) is 5.75 Å². The van der Waals surface area contributed by atoms with Crippen molar-refractivity contribution in [2.75, 3.05) is 20.1 Å². The number of nitrogens with zero attached hydrogens (tertiary/aromatic N) is 1. The second kappa shape index (κ2) is 6.65. The molecule has 2 aromatic carbocycles. The van der Waals surface area contributed by atoms with Crippen molar-refractivity contribution in [1.29, 1.82) is 0 Å². The van der Waals surface area contributed by atoms with Gasteiger partial charge in [0.25, 0.3) is 0 Å². The average Bonchev–Trinajstić information content (AvgIpc) is 3.04. The standard InChI is InChI=1S/C22H20N2O2/c1-24-13-17(10-15-6-8-19(25)9-7-15)22(26)18(14-24)11-16-12-23-21-5-3-2-4-20(16)21/h2-12,23,25H,13-14H2,1H3/b17-10+,18-11-. The number of likely N-dealkylation sites (tertiary alicyclic amines) is 1. The molecule has 3 aromatic rings. The molecule has 0 saturated carbocycles. The lowest BCUT2D eigenvalue weighted by Gasteiger charge is -2.26. The van der Waals surface area contributed by atoms with Crippen LogP contribution >= 0.6 is 0 Å². The van der Waals surface area contributed by atoms with Gasteiger partial charge in [-0.1, -0.05) is 30.3 Å². The zero-order chi connectivity index (χ0) is 18.1. The number of ketones is 1. The first kappa shape index (κ1) is 16.4. The Hall–Kier alpha value is -3.11. The van der Waals surface area contributed by atoms with E-state index in [4.69, 9.17) is 0 Å². The Morgan fingerprint density at radius 2 is 1.69 bits per heavy atom. The van der Waals surface area contributed by atoms with Gasteiger partial charge in [0.2, 0.25) is 0 Å². The number of hydrogen-bond donors (Lipinski definition) is 2. The topological polar surface area (TPSA) is 56.3 Å². The first-order valence-electron chi connectivity index (χ1n) is 8.60. The maximum Gasteiger partial charge on any atom is 0.187 e. The van der Waals surface area contributed by atoms with E-state index in [1.807, 2.05) is 55.7 Å². The van der Waals surface area contributed by atoms with Gasteiger partial charge in [0.1, 0.15) is 5.75 Å². The second-order valence-electron chi connectivity index (χ2n) is 6.72. The molecule has 0 spiro atoms. The highest BCUT2D eigenvalue weighted by molar-refractivity contribution is 6.15. The molecule has 26 heavy (non-hydrogen) atoms. The van der Waals surface area contributed by atoms with Crippen LogP contribution in [0, 0.1) is 0 Å². The van der Waals surface area contributed by atoms with Crippen molar-refractivity contribution < 1.29 is 9.90 Å². The van der Waals surface area contributed by atoms with E-state index in [0.29, 0.717) is 13.1 Å². The maximum atomic E-state index is 13.0. The Kier molecular flexibility index (Phi) is 4.19. The molecule has 0 aliphatic carbocycles. The van der Waals surface area contributed by atoms with Crippen LogP contribution in [-0.4, -0.2) is 40.9 Å². The van der Waals surface area contributed by atoms with Crippen LogP contribution in [0.2, 0.25) is 0 Å². The zero-order valence-electron chi connectivity index (χ0n) is 14.6. The number of fused-ring (bicyclic) bond motifs is 1. The number of hydrogen-bond acceptors (Lipinski definition) is 3. The number of phenolic OH excluding ortho intramolecular Hbond substituents is 1. The van der Waals surface area contributed by atoms with Crippen LogP contribution in [0.5, 0.6) is 5.75 Å². The number of phenols is 1. The molecular weight excluding hydrogens is 324 g/mol. The number of carbonyl (C=O) groups excluding carboxylic acids is 1. The van der Waals surface area contributed by atoms with E-state index in [-0.39, 0.29) is 11.5 Å². The molecule has 0 bridgehead atoms. The van der Waals surface area contributed by atoms with Gasteiger partial charge in [0.15, 0.2) is 5.78 Å². The van der Waals surface area contributed by atoms with Gasteiger partial charge in [-0.25, -0.2) is 0 Å². The van der Waals surface area contributed by atoms with Crippen LogP contribution in [0.3, 0.4) is 0 Å². The number of rotatable bonds is 2. The van der Waals surface area contributed by atoms with Crippen LogP contribution in [0.1, 0.15) is 11.1 Å². The van der Waals surface area contributed by atoms with Crippen LogP contribution in [-0.2, 0) is 4.79 Å². The van der Waals surface area contributed by atoms with Crippen molar-refractivity contribution in [2.45, 2.75) is 0 Å². The minimum Gasteiger partial charge on any atom is -0.508 e. The molecule has 0 radical (unpaired) electrons. The van der Waals surface area contributed by atoms with E-state index in [1.54, 1.807) is 12.1 Å². The first-order chi connectivity index (χ1) is 12.6. The highest BCUT2D eigenvalue weighted by Crippen LogP contribution is 2.25. The highest BCUT2D eigenvalue weighted by Gasteiger charge is 2.24. The van der Waals surface area contributed by atoms with Gasteiger partial charge in [-0.15, -0.1) is 0 Å². The molecule has 4 heteroatoms. The fourth-order valence-electron chi connectivity index (χ4n) is 3.38. The molecule has 1 aliphatic rings. The number of carbonyl (C=O) groups is 1. The van der Waals surface area contributed by atoms with Crippen molar-refractivity contribution in [3.05, 3.63) is 77.0 Å². The summed E-state index contributed by atoms with van der Waals surface area (Å²) in [6.45, 7) is 1.25. The summed E-state index contributed by atoms with van der Waals surface area (Å²) < 4.78 is 0. The Morgan fingerprint density at radius 1 is 1.00 bits per heavy atom. The summed E-state index contributed by atoms with van der Waals surface area (Å²) in [5.41, 5.74) is 4.55. The van der Waals surface area contributed by atoms with Crippen molar-refractivity contribution in [2.24, 2.45) is 0 Å². The van der Waals surface area contributed by atoms with E-state index in [0.717, 1.165) is 33.2 Å². The smallest absolute Gasteiger partial charge is 0.187 e. The van der Waals surface area contributed by atoms with Gasteiger partial charge < -0.3 is 10.1 Å². The lowest BCUT2D eigenvalue weighted by Crippen LogP contribution is -2.34. The Bertz CT molecular complexity index is 1030. The fourth-order valence-corrected chi connectivity index (χ4v) is 3.38. The summed E-state index contributed by atoms with van der Waals surface area (Å²) in [4.78, 5) is 18.4. The number of aromatic amines is 1. The van der Waals surface area contributed by atoms with Gasteiger partial charge in [-0.3, -0.25) is 9.69 Å². The predicted octanol–water partition coefficient (Wildman–Crippen LogP) is 3.86. The summed E-state index contributed by atoms with van der Waals surface area (Å²) >= 11 is 0. The normalized spacial score (nSPS) is 18.9. The third-order valence-corrected chi connectivity index (χ3v) is 4.65. The van der Waals surface area contributed by atoms with Gasteiger partial charge in [0.05, 0.1) is 0 Å². The number of para-hydroxylation sites is 1. The van der Waals surface area contributed by atoms with Crippen LogP contribution in [0.15, 0.2) is 65.9 Å². The summed E-state index contributed by atoms with van der Waals surface area (Å²) in [5.74, 6) is 0.306. The SMILES string of the molecule is CN1C/C(=C/c2c[nH]c3ccccc23)C(=O)/C(=C/c2ccc(O)cc2)C1. The lowest BCUT2D eigenvalue weighted by atomic mass is 9.94. The van der Waals surface area contributed by atoms with Gasteiger partial charge in [0, 0.05) is 46.9 Å². The molecule has 1 fully saturated rings. The molecule has 1 aliphatic heterocycles. The molecule has 130 valence electrons. The molecule has 4 rings (SSSR count). The van der Waals surface area contributed by atoms with Gasteiger partial charge >= 0.3 is 0 Å². The molecule has 4 nitrogen and oxygen atoms in total. The minimum absolute atomic E-state index is 0.0847. The predicted molar refractivity (Wildman–Crippen MR) is 105 cm³/mol. The first-order valence-corrected chi connectivity index (χ1v) is 8.60. The third kappa shape index (κ3) is 3.19. The number of H-pyrrole nitrogens is 1. The minimum atomic E-state index is 0.0847. The summed E-state index contributed by atoms with van der Waals surface area (Å²) in [6, 6.07) is 15.0. The lowest BCUT2D eigenvalue weighted by molar-refractivity contribution is -0.113. The molecular formula is C22H20N2O2. The summed E-state index contributed by atoms with van der Waals surface area (Å²) in [6.07, 6.45) is 5.84. The second-order valence-corrected chi connectivity index (χ2v) is 6.72. The largest absolute Gasteiger partial charge is 0.508 e. The van der Waals surface area contributed by atoms with E-state index in [9.17, 15) is 9.90 Å².